The molecule has 1 aromatic heterocycles. The zero-order valence-electron chi connectivity index (χ0n) is 9.34. The number of aromatic carboxylic acids is 1. The highest BCUT2D eigenvalue weighted by molar-refractivity contribution is 7.89. The van der Waals surface area contributed by atoms with Crippen LogP contribution in [0.2, 0.25) is 0 Å². The molecule has 0 atom stereocenters. The number of carboxylic acid groups (broad SMARTS) is 1. The van der Waals surface area contributed by atoms with Gasteiger partial charge in [-0.15, -0.1) is 11.3 Å². The maximum absolute atomic E-state index is 11.6. The second kappa shape index (κ2) is 4.40. The van der Waals surface area contributed by atoms with Crippen LogP contribution < -0.4 is 0 Å². The fourth-order valence-electron chi connectivity index (χ4n) is 1.84. The average molecular weight is 275 g/mol. The molecule has 1 saturated heterocycles. The normalized spacial score (nSPS) is 19.6. The molecule has 2 rings (SSSR count). The lowest BCUT2D eigenvalue weighted by atomic mass is 10.2. The van der Waals surface area contributed by atoms with Crippen molar-refractivity contribution in [2.45, 2.75) is 19.9 Å². The fourth-order valence-corrected chi connectivity index (χ4v) is 4.21. The van der Waals surface area contributed by atoms with Crippen molar-refractivity contribution in [3.63, 3.8) is 0 Å². The smallest absolute Gasteiger partial charge is 0.345 e. The summed E-state index contributed by atoms with van der Waals surface area (Å²) in [5, 5.41) is 8.86. The molecule has 1 aliphatic rings. The third-order valence-corrected chi connectivity index (χ3v) is 5.77. The molecule has 1 aromatic rings. The lowest BCUT2D eigenvalue weighted by Crippen LogP contribution is -2.25. The molecule has 17 heavy (non-hydrogen) atoms. The maximum Gasteiger partial charge on any atom is 0.345 e. The summed E-state index contributed by atoms with van der Waals surface area (Å²) >= 11 is 1.18. The fraction of sp³-hybridized carbons (Fsp3) is 0.500. The van der Waals surface area contributed by atoms with Gasteiger partial charge in [-0.1, -0.05) is 0 Å². The zero-order chi connectivity index (χ0) is 12.6. The van der Waals surface area contributed by atoms with E-state index in [1.807, 2.05) is 6.92 Å². The predicted molar refractivity (Wildman–Crippen MR) is 64.8 cm³/mol. The largest absolute Gasteiger partial charge is 0.477 e. The summed E-state index contributed by atoms with van der Waals surface area (Å²) in [6.07, 6.45) is 0.650. The summed E-state index contributed by atoms with van der Waals surface area (Å²) < 4.78 is 24.7. The van der Waals surface area contributed by atoms with Crippen molar-refractivity contribution < 1.29 is 18.3 Å². The molecule has 0 unspecified atom stereocenters. The number of carboxylic acids is 1. The summed E-state index contributed by atoms with van der Waals surface area (Å²) in [7, 11) is -3.12. The van der Waals surface area contributed by atoms with Crippen molar-refractivity contribution in [3.05, 3.63) is 21.4 Å². The Morgan fingerprint density at radius 3 is 2.76 bits per heavy atom. The summed E-state index contributed by atoms with van der Waals surface area (Å²) in [6.45, 7) is 2.63. The van der Waals surface area contributed by atoms with Gasteiger partial charge in [-0.05, 0) is 25.0 Å². The van der Waals surface area contributed by atoms with Gasteiger partial charge in [-0.3, -0.25) is 0 Å². The van der Waals surface area contributed by atoms with Gasteiger partial charge in [0.05, 0.1) is 5.75 Å². The number of aryl methyl sites for hydroxylation is 1. The van der Waals surface area contributed by atoms with E-state index in [4.69, 9.17) is 5.11 Å². The lowest BCUT2D eigenvalue weighted by Gasteiger charge is -2.13. The van der Waals surface area contributed by atoms with Crippen molar-refractivity contribution in [2.24, 2.45) is 0 Å². The standard InChI is InChI=1S/C10H13NO4S2/c1-7-8(5-9(16-7)10(12)13)6-11-3-2-4-17(11,14)15/h5H,2-4,6H2,1H3,(H,12,13). The van der Waals surface area contributed by atoms with E-state index >= 15 is 0 Å². The van der Waals surface area contributed by atoms with Crippen molar-refractivity contribution >= 4 is 27.3 Å². The zero-order valence-corrected chi connectivity index (χ0v) is 11.0. The molecule has 0 spiro atoms. The van der Waals surface area contributed by atoms with Gasteiger partial charge in [0, 0.05) is 18.0 Å². The third kappa shape index (κ3) is 2.51. The van der Waals surface area contributed by atoms with Crippen LogP contribution in [0.25, 0.3) is 0 Å². The maximum atomic E-state index is 11.6. The molecule has 5 nitrogen and oxygen atoms in total. The highest BCUT2D eigenvalue weighted by Gasteiger charge is 2.29. The minimum Gasteiger partial charge on any atom is -0.477 e. The number of hydrogen-bond donors (Lipinski definition) is 1. The Kier molecular flexibility index (Phi) is 3.24. The Morgan fingerprint density at radius 2 is 2.29 bits per heavy atom. The summed E-state index contributed by atoms with van der Waals surface area (Å²) in [4.78, 5) is 11.9. The highest BCUT2D eigenvalue weighted by atomic mass is 32.2. The Balaban J connectivity index is 2.22. The van der Waals surface area contributed by atoms with E-state index in [0.717, 1.165) is 10.4 Å². The van der Waals surface area contributed by atoms with Gasteiger partial charge in [0.15, 0.2) is 0 Å². The lowest BCUT2D eigenvalue weighted by molar-refractivity contribution is 0.0702. The Labute approximate surface area is 104 Å². The Hall–Kier alpha value is -0.920. The van der Waals surface area contributed by atoms with E-state index in [1.54, 1.807) is 6.07 Å². The average Bonchev–Trinajstić information content (AvgIpc) is 2.73. The van der Waals surface area contributed by atoms with Crippen molar-refractivity contribution in [3.8, 4) is 0 Å². The van der Waals surface area contributed by atoms with Gasteiger partial charge in [0.1, 0.15) is 4.88 Å². The van der Waals surface area contributed by atoms with Gasteiger partial charge < -0.3 is 5.11 Å². The van der Waals surface area contributed by atoms with E-state index in [2.05, 4.69) is 0 Å². The van der Waals surface area contributed by atoms with Crippen LogP contribution in [0.5, 0.6) is 0 Å². The minimum absolute atomic E-state index is 0.196. The molecular weight excluding hydrogens is 262 g/mol. The number of nitrogens with zero attached hydrogens (tertiary/aromatic N) is 1. The molecule has 94 valence electrons. The number of thiophene rings is 1. The van der Waals surface area contributed by atoms with Crippen LogP contribution in [-0.2, 0) is 16.6 Å². The second-order valence-electron chi connectivity index (χ2n) is 4.00. The van der Waals surface area contributed by atoms with E-state index in [-0.39, 0.29) is 17.2 Å². The molecule has 0 bridgehead atoms. The molecular formula is C10H13NO4S2. The SMILES string of the molecule is Cc1sc(C(=O)O)cc1CN1CCCS1(=O)=O. The van der Waals surface area contributed by atoms with Gasteiger partial charge >= 0.3 is 5.97 Å². The Morgan fingerprint density at radius 1 is 1.59 bits per heavy atom. The van der Waals surface area contributed by atoms with Gasteiger partial charge in [0.2, 0.25) is 10.0 Å². The van der Waals surface area contributed by atoms with Crippen LogP contribution in [0, 0.1) is 6.92 Å². The molecule has 1 N–H and O–H groups in total. The van der Waals surface area contributed by atoms with Gasteiger partial charge in [-0.25, -0.2) is 13.2 Å². The minimum atomic E-state index is -3.12. The second-order valence-corrected chi connectivity index (χ2v) is 7.35. The first-order valence-electron chi connectivity index (χ1n) is 5.20. The first kappa shape index (κ1) is 12.5. The summed E-state index contributed by atoms with van der Waals surface area (Å²) in [6, 6.07) is 1.57. The first-order chi connectivity index (χ1) is 7.90. The third-order valence-electron chi connectivity index (χ3n) is 2.78. The highest BCUT2D eigenvalue weighted by Crippen LogP contribution is 2.25. The first-order valence-corrected chi connectivity index (χ1v) is 7.63. The molecule has 2 heterocycles. The van der Waals surface area contributed by atoms with E-state index in [0.29, 0.717) is 13.0 Å². The Bertz CT molecular complexity index is 547. The van der Waals surface area contributed by atoms with E-state index < -0.39 is 16.0 Å². The van der Waals surface area contributed by atoms with Crippen LogP contribution in [0.4, 0.5) is 0 Å². The van der Waals surface area contributed by atoms with Crippen molar-refractivity contribution in [1.82, 2.24) is 4.31 Å². The molecule has 0 radical (unpaired) electrons. The number of rotatable bonds is 3. The quantitative estimate of drug-likeness (QED) is 0.902. The number of sulfonamides is 1. The molecule has 1 fully saturated rings. The molecule has 7 heteroatoms. The van der Waals surface area contributed by atoms with Crippen LogP contribution >= 0.6 is 11.3 Å². The predicted octanol–water partition coefficient (Wildman–Crippen LogP) is 1.29. The number of carbonyl (C=O) groups is 1. The summed E-state index contributed by atoms with van der Waals surface area (Å²) in [5.41, 5.74) is 0.790. The molecule has 1 aliphatic heterocycles. The van der Waals surface area contributed by atoms with Crippen LogP contribution in [0.1, 0.15) is 26.5 Å². The van der Waals surface area contributed by atoms with Gasteiger partial charge in [0.25, 0.3) is 0 Å². The molecule has 0 aliphatic carbocycles. The number of hydrogen-bond acceptors (Lipinski definition) is 4. The van der Waals surface area contributed by atoms with Gasteiger partial charge in [-0.2, -0.15) is 4.31 Å². The topological polar surface area (TPSA) is 74.7 Å². The molecule has 0 saturated carbocycles. The van der Waals surface area contributed by atoms with Crippen molar-refractivity contribution in [1.29, 1.82) is 0 Å². The monoisotopic (exact) mass is 275 g/mol. The van der Waals surface area contributed by atoms with E-state index in [9.17, 15) is 13.2 Å². The van der Waals surface area contributed by atoms with E-state index in [1.165, 1.54) is 15.6 Å². The van der Waals surface area contributed by atoms with Crippen LogP contribution in [0.15, 0.2) is 6.07 Å². The van der Waals surface area contributed by atoms with Crippen molar-refractivity contribution in [2.75, 3.05) is 12.3 Å². The van der Waals surface area contributed by atoms with Crippen LogP contribution in [0.3, 0.4) is 0 Å². The summed E-state index contributed by atoms with van der Waals surface area (Å²) in [5.74, 6) is -0.768. The van der Waals surface area contributed by atoms with Crippen LogP contribution in [-0.4, -0.2) is 36.1 Å². The molecule has 0 aromatic carbocycles. The molecule has 0 amide bonds.